The van der Waals surface area contributed by atoms with Gasteiger partial charge in [-0.15, -0.1) is 0 Å². The van der Waals surface area contributed by atoms with E-state index in [0.29, 0.717) is 12.5 Å². The summed E-state index contributed by atoms with van der Waals surface area (Å²) in [6.45, 7) is 5.37. The molecule has 0 amide bonds. The molecule has 1 aromatic rings. The number of aromatic nitrogens is 2. The van der Waals surface area contributed by atoms with Crippen molar-refractivity contribution in [3.8, 4) is 0 Å². The maximum absolute atomic E-state index is 11.2. The lowest BCUT2D eigenvalue weighted by molar-refractivity contribution is 0.679. The lowest BCUT2D eigenvalue weighted by atomic mass is 10.4. The van der Waals surface area contributed by atoms with Gasteiger partial charge in [0.05, 0.1) is 0 Å². The van der Waals surface area contributed by atoms with E-state index < -0.39 is 10.8 Å². The average Bonchev–Trinajstić information content (AvgIpc) is 2.26. The van der Waals surface area contributed by atoms with E-state index in [-0.39, 0.29) is 5.25 Å². The van der Waals surface area contributed by atoms with Gasteiger partial charge in [0, 0.05) is 41.6 Å². The van der Waals surface area contributed by atoms with Crippen molar-refractivity contribution in [2.45, 2.75) is 19.1 Å². The van der Waals surface area contributed by atoms with E-state index in [2.05, 4.69) is 20.6 Å². The molecular formula is C10H18N4OS. The summed E-state index contributed by atoms with van der Waals surface area (Å²) in [6, 6.07) is 1.80. The van der Waals surface area contributed by atoms with E-state index in [0.717, 1.165) is 12.4 Å². The predicted octanol–water partition coefficient (Wildman–Crippen LogP) is 1.09. The van der Waals surface area contributed by atoms with Crippen LogP contribution in [0.25, 0.3) is 0 Å². The van der Waals surface area contributed by atoms with Crippen LogP contribution in [-0.4, -0.2) is 38.8 Å². The zero-order valence-corrected chi connectivity index (χ0v) is 10.7. The Morgan fingerprint density at radius 2 is 2.25 bits per heavy atom. The Hall–Kier alpha value is -1.17. The van der Waals surface area contributed by atoms with Crippen LogP contribution in [-0.2, 0) is 10.8 Å². The zero-order chi connectivity index (χ0) is 12.0. The smallest absolute Gasteiger partial charge is 0.224 e. The predicted molar refractivity (Wildman–Crippen MR) is 68.2 cm³/mol. The van der Waals surface area contributed by atoms with Crippen LogP contribution >= 0.6 is 0 Å². The molecule has 1 rings (SSSR count). The highest BCUT2D eigenvalue weighted by atomic mass is 32.2. The molecule has 2 atom stereocenters. The summed E-state index contributed by atoms with van der Waals surface area (Å²) in [5.41, 5.74) is 0. The van der Waals surface area contributed by atoms with Gasteiger partial charge in [-0.1, -0.05) is 0 Å². The average molecular weight is 242 g/mol. The van der Waals surface area contributed by atoms with Crippen molar-refractivity contribution < 1.29 is 4.21 Å². The Balaban J connectivity index is 2.53. The quantitative estimate of drug-likeness (QED) is 0.781. The number of rotatable bonds is 6. The highest BCUT2D eigenvalue weighted by Gasteiger charge is 2.06. The maximum atomic E-state index is 11.2. The third-order valence-electron chi connectivity index (χ3n) is 2.13. The number of hydrogen-bond acceptors (Lipinski definition) is 5. The van der Waals surface area contributed by atoms with Crippen molar-refractivity contribution in [1.29, 1.82) is 0 Å². The fourth-order valence-electron chi connectivity index (χ4n) is 1.07. The van der Waals surface area contributed by atoms with Gasteiger partial charge >= 0.3 is 0 Å². The molecule has 90 valence electrons. The summed E-state index contributed by atoms with van der Waals surface area (Å²) in [7, 11) is -0.814. The van der Waals surface area contributed by atoms with Gasteiger partial charge < -0.3 is 10.6 Å². The molecule has 0 fully saturated rings. The van der Waals surface area contributed by atoms with E-state index in [1.165, 1.54) is 0 Å². The molecule has 0 bridgehead atoms. The van der Waals surface area contributed by atoms with Gasteiger partial charge in [-0.05, 0) is 19.9 Å². The molecule has 2 unspecified atom stereocenters. The molecule has 0 aliphatic carbocycles. The number of nitrogens with one attached hydrogen (secondary N) is 2. The molecule has 1 heterocycles. The second-order valence-corrected chi connectivity index (χ2v) is 5.29. The Morgan fingerprint density at radius 1 is 1.50 bits per heavy atom. The molecule has 1 aromatic heterocycles. The first-order valence-electron chi connectivity index (χ1n) is 5.26. The Morgan fingerprint density at radius 3 is 2.88 bits per heavy atom. The van der Waals surface area contributed by atoms with Crippen LogP contribution in [0.4, 0.5) is 11.8 Å². The van der Waals surface area contributed by atoms with E-state index >= 15 is 0 Å². The number of anilines is 2. The summed E-state index contributed by atoms with van der Waals surface area (Å²) in [5.74, 6) is 1.36. The Kier molecular flexibility index (Phi) is 5.18. The summed E-state index contributed by atoms with van der Waals surface area (Å²) in [4.78, 5) is 8.33. The van der Waals surface area contributed by atoms with E-state index in [4.69, 9.17) is 0 Å². The normalized spacial score (nSPS) is 14.2. The van der Waals surface area contributed by atoms with Gasteiger partial charge in [-0.2, -0.15) is 4.98 Å². The monoisotopic (exact) mass is 242 g/mol. The van der Waals surface area contributed by atoms with Crippen LogP contribution in [0.15, 0.2) is 12.3 Å². The third kappa shape index (κ3) is 4.14. The van der Waals surface area contributed by atoms with Gasteiger partial charge in [0.15, 0.2) is 0 Å². The molecule has 0 saturated carbocycles. The number of hydrogen-bond donors (Lipinski definition) is 2. The first kappa shape index (κ1) is 12.9. The minimum Gasteiger partial charge on any atom is -0.369 e. The molecular weight excluding hydrogens is 224 g/mol. The van der Waals surface area contributed by atoms with Crippen LogP contribution in [0.5, 0.6) is 0 Å². The standard InChI is InChI=1S/C10H18N4OS/c1-4-11-10-12-6-5-9(14-10)13-7-8(2)16(3)15/h5-6,8H,4,7H2,1-3H3,(H2,11,12,13,14). The summed E-state index contributed by atoms with van der Waals surface area (Å²) in [6.07, 6.45) is 3.40. The molecule has 0 saturated heterocycles. The van der Waals surface area contributed by atoms with Crippen LogP contribution in [0.2, 0.25) is 0 Å². The van der Waals surface area contributed by atoms with Crippen molar-refractivity contribution in [3.05, 3.63) is 12.3 Å². The fourth-order valence-corrected chi connectivity index (χ4v) is 1.38. The van der Waals surface area contributed by atoms with E-state index in [9.17, 15) is 4.21 Å². The molecule has 16 heavy (non-hydrogen) atoms. The maximum Gasteiger partial charge on any atom is 0.224 e. The topological polar surface area (TPSA) is 66.9 Å². The van der Waals surface area contributed by atoms with Gasteiger partial charge in [-0.3, -0.25) is 4.21 Å². The molecule has 0 spiro atoms. The first-order chi connectivity index (χ1) is 7.63. The largest absolute Gasteiger partial charge is 0.369 e. The van der Waals surface area contributed by atoms with Crippen LogP contribution in [0.3, 0.4) is 0 Å². The van der Waals surface area contributed by atoms with Crippen LogP contribution in [0, 0.1) is 0 Å². The molecule has 0 aliphatic heterocycles. The molecule has 2 N–H and O–H groups in total. The summed E-state index contributed by atoms with van der Waals surface area (Å²) < 4.78 is 11.2. The van der Waals surface area contributed by atoms with Crippen LogP contribution < -0.4 is 10.6 Å². The molecule has 5 nitrogen and oxygen atoms in total. The lowest BCUT2D eigenvalue weighted by Crippen LogP contribution is -2.21. The van der Waals surface area contributed by atoms with Crippen molar-refractivity contribution in [3.63, 3.8) is 0 Å². The van der Waals surface area contributed by atoms with Gasteiger partial charge in [0.2, 0.25) is 5.95 Å². The van der Waals surface area contributed by atoms with Crippen molar-refractivity contribution in [2.75, 3.05) is 30.0 Å². The SMILES string of the molecule is CCNc1nccc(NCC(C)S(C)=O)n1. The second-order valence-electron chi connectivity index (χ2n) is 3.49. The molecule has 0 radical (unpaired) electrons. The summed E-state index contributed by atoms with van der Waals surface area (Å²) >= 11 is 0. The zero-order valence-electron chi connectivity index (χ0n) is 9.86. The third-order valence-corrected chi connectivity index (χ3v) is 3.43. The summed E-state index contributed by atoms with van der Waals surface area (Å²) in [5, 5.41) is 6.29. The van der Waals surface area contributed by atoms with E-state index in [1.807, 2.05) is 13.8 Å². The minimum atomic E-state index is -0.814. The lowest BCUT2D eigenvalue weighted by Gasteiger charge is -2.10. The fraction of sp³-hybridized carbons (Fsp3) is 0.600. The van der Waals surface area contributed by atoms with Crippen molar-refractivity contribution in [2.24, 2.45) is 0 Å². The van der Waals surface area contributed by atoms with Crippen molar-refractivity contribution in [1.82, 2.24) is 9.97 Å². The Bertz CT molecular complexity index is 358. The number of nitrogens with zero attached hydrogens (tertiary/aromatic N) is 2. The molecule has 0 aliphatic rings. The van der Waals surface area contributed by atoms with E-state index in [1.54, 1.807) is 18.5 Å². The molecule has 0 aromatic carbocycles. The molecule has 6 heteroatoms. The highest BCUT2D eigenvalue weighted by Crippen LogP contribution is 2.06. The van der Waals surface area contributed by atoms with Crippen molar-refractivity contribution >= 4 is 22.6 Å². The van der Waals surface area contributed by atoms with Gasteiger partial charge in [0.1, 0.15) is 5.82 Å². The highest BCUT2D eigenvalue weighted by molar-refractivity contribution is 7.84. The first-order valence-corrected chi connectivity index (χ1v) is 6.88. The Labute approximate surface area is 98.5 Å². The second kappa shape index (κ2) is 6.42. The van der Waals surface area contributed by atoms with Gasteiger partial charge in [0.25, 0.3) is 0 Å². The minimum absolute atomic E-state index is 0.109. The van der Waals surface area contributed by atoms with Gasteiger partial charge in [-0.25, -0.2) is 4.98 Å². The van der Waals surface area contributed by atoms with Crippen LogP contribution in [0.1, 0.15) is 13.8 Å².